The molecule has 1 aromatic heterocycles. The highest BCUT2D eigenvalue weighted by molar-refractivity contribution is 7.91. The number of carbonyl (C=O) groups excluding carboxylic acids is 2. The third kappa shape index (κ3) is 2.85. The molecule has 2 aliphatic heterocycles. The number of amides is 3. The number of urea groups is 1. The summed E-state index contributed by atoms with van der Waals surface area (Å²) in [6, 6.07) is 0.346. The van der Waals surface area contributed by atoms with Crippen LogP contribution in [0.25, 0.3) is 0 Å². The highest BCUT2D eigenvalue weighted by atomic mass is 32.2. The molecule has 0 aromatic carbocycles. The summed E-state index contributed by atoms with van der Waals surface area (Å²) in [5.41, 5.74) is 0.285. The van der Waals surface area contributed by atoms with Crippen molar-refractivity contribution in [2.75, 3.05) is 38.7 Å². The minimum atomic E-state index is -3.30. The molecule has 0 bridgehead atoms. The van der Waals surface area contributed by atoms with Crippen molar-refractivity contribution >= 4 is 21.8 Å². The predicted octanol–water partition coefficient (Wildman–Crippen LogP) is -0.975. The molecule has 2 atom stereocenters. The summed E-state index contributed by atoms with van der Waals surface area (Å²) in [6.45, 7) is 0.609. The van der Waals surface area contributed by atoms with Gasteiger partial charge in [0.05, 0.1) is 23.6 Å². The minimum Gasteiger partial charge on any atom is -0.331 e. The first-order valence-electron chi connectivity index (χ1n) is 7.68. The number of carbonyl (C=O) groups is 2. The lowest BCUT2D eigenvalue weighted by Crippen LogP contribution is -2.63. The molecule has 2 saturated heterocycles. The number of sulfone groups is 1. The van der Waals surface area contributed by atoms with E-state index in [0.717, 1.165) is 0 Å². The Morgan fingerprint density at radius 1 is 1.17 bits per heavy atom. The largest absolute Gasteiger partial charge is 0.331 e. The number of rotatable bonds is 1. The van der Waals surface area contributed by atoms with Crippen molar-refractivity contribution in [3.8, 4) is 0 Å². The molecule has 10 heteroatoms. The molecule has 3 rings (SSSR count). The molecule has 0 unspecified atom stereocenters. The Balaban J connectivity index is 1.90. The van der Waals surface area contributed by atoms with Crippen LogP contribution in [0, 0.1) is 0 Å². The first-order chi connectivity index (χ1) is 11.2. The molecule has 0 saturated carbocycles. The Kier molecular flexibility index (Phi) is 4.02. The number of hydrogen-bond donors (Lipinski definition) is 0. The number of hydrogen-bond acceptors (Lipinski definition) is 5. The molecular weight excluding hydrogens is 334 g/mol. The van der Waals surface area contributed by atoms with Gasteiger partial charge in [0.1, 0.15) is 5.69 Å². The van der Waals surface area contributed by atoms with E-state index in [1.165, 1.54) is 9.58 Å². The van der Waals surface area contributed by atoms with Crippen molar-refractivity contribution in [1.82, 2.24) is 24.5 Å². The van der Waals surface area contributed by atoms with Gasteiger partial charge in [-0.25, -0.2) is 13.2 Å². The molecule has 2 aliphatic rings. The molecule has 132 valence electrons. The number of aromatic nitrogens is 2. The fourth-order valence-corrected chi connectivity index (χ4v) is 5.36. The van der Waals surface area contributed by atoms with Gasteiger partial charge in [0, 0.05) is 40.4 Å². The first kappa shape index (κ1) is 16.7. The average Bonchev–Trinajstić information content (AvgIpc) is 3.06. The van der Waals surface area contributed by atoms with E-state index in [9.17, 15) is 18.0 Å². The quantitative estimate of drug-likeness (QED) is 0.646. The Labute approximate surface area is 140 Å². The SMILES string of the molecule is CN(C)C(=O)N1CCN(C(=O)c2ccn(C)n2)[C@H]2CS(=O)(=O)C[C@H]21. The molecular formula is C14H21N5O4S. The van der Waals surface area contributed by atoms with Gasteiger partial charge in [0.2, 0.25) is 0 Å². The molecule has 2 fully saturated rings. The monoisotopic (exact) mass is 355 g/mol. The second-order valence-corrected chi connectivity index (χ2v) is 8.61. The van der Waals surface area contributed by atoms with Crippen molar-refractivity contribution in [3.05, 3.63) is 18.0 Å². The van der Waals surface area contributed by atoms with Gasteiger partial charge in [-0.1, -0.05) is 0 Å². The van der Waals surface area contributed by atoms with Crippen LogP contribution in [0.4, 0.5) is 4.79 Å². The van der Waals surface area contributed by atoms with E-state index < -0.39 is 21.9 Å². The molecule has 3 heterocycles. The molecule has 0 aliphatic carbocycles. The van der Waals surface area contributed by atoms with Crippen molar-refractivity contribution in [2.45, 2.75) is 12.1 Å². The van der Waals surface area contributed by atoms with Gasteiger partial charge in [0.25, 0.3) is 5.91 Å². The summed E-state index contributed by atoms with van der Waals surface area (Å²) >= 11 is 0. The van der Waals surface area contributed by atoms with Gasteiger partial charge in [-0.3, -0.25) is 9.48 Å². The van der Waals surface area contributed by atoms with Crippen LogP contribution in [0.1, 0.15) is 10.5 Å². The highest BCUT2D eigenvalue weighted by Gasteiger charge is 2.50. The Morgan fingerprint density at radius 2 is 1.75 bits per heavy atom. The fourth-order valence-electron chi connectivity index (χ4n) is 3.38. The Morgan fingerprint density at radius 3 is 2.29 bits per heavy atom. The summed E-state index contributed by atoms with van der Waals surface area (Å²) in [4.78, 5) is 29.6. The van der Waals surface area contributed by atoms with Gasteiger partial charge >= 0.3 is 6.03 Å². The molecule has 9 nitrogen and oxygen atoms in total. The lowest BCUT2D eigenvalue weighted by Gasteiger charge is -2.44. The smallest absolute Gasteiger partial charge is 0.319 e. The third-order valence-electron chi connectivity index (χ3n) is 4.50. The van der Waals surface area contributed by atoms with Crippen LogP contribution < -0.4 is 0 Å². The first-order valence-corrected chi connectivity index (χ1v) is 9.51. The lowest BCUT2D eigenvalue weighted by atomic mass is 10.0. The van der Waals surface area contributed by atoms with Crippen molar-refractivity contribution in [2.24, 2.45) is 7.05 Å². The summed E-state index contributed by atoms with van der Waals surface area (Å²) in [7, 11) is 1.68. The minimum absolute atomic E-state index is 0.108. The van der Waals surface area contributed by atoms with Crippen LogP contribution in [0.3, 0.4) is 0 Å². The standard InChI is InChI=1S/C14H21N5O4S/c1-16(2)14(21)19-7-6-18(11-8-24(22,23)9-12(11)19)13(20)10-4-5-17(3)15-10/h4-5,11-12H,6-9H2,1-3H3/t11-,12+/m0/s1. The maximum Gasteiger partial charge on any atom is 0.319 e. The normalized spacial score (nSPS) is 25.5. The van der Waals surface area contributed by atoms with Gasteiger partial charge in [-0.15, -0.1) is 0 Å². The van der Waals surface area contributed by atoms with Crippen LogP contribution in [-0.2, 0) is 16.9 Å². The average molecular weight is 355 g/mol. The van der Waals surface area contributed by atoms with Gasteiger partial charge in [-0.2, -0.15) is 5.10 Å². The van der Waals surface area contributed by atoms with Crippen LogP contribution in [-0.4, -0.2) is 95.6 Å². The summed E-state index contributed by atoms with van der Waals surface area (Å²) in [5, 5.41) is 4.11. The highest BCUT2D eigenvalue weighted by Crippen LogP contribution is 2.28. The van der Waals surface area contributed by atoms with Crippen LogP contribution in [0.5, 0.6) is 0 Å². The van der Waals surface area contributed by atoms with Gasteiger partial charge in [0.15, 0.2) is 9.84 Å². The van der Waals surface area contributed by atoms with E-state index in [4.69, 9.17) is 0 Å². The summed E-state index contributed by atoms with van der Waals surface area (Å²) in [5.74, 6) is -0.517. The van der Waals surface area contributed by atoms with Crippen LogP contribution in [0.2, 0.25) is 0 Å². The number of fused-ring (bicyclic) bond motifs is 1. The van der Waals surface area contributed by atoms with Crippen LogP contribution in [0.15, 0.2) is 12.3 Å². The zero-order chi connectivity index (χ0) is 17.6. The molecule has 3 amide bonds. The predicted molar refractivity (Wildman–Crippen MR) is 86.3 cm³/mol. The molecule has 1 aromatic rings. The number of aryl methyl sites for hydroxylation is 1. The van der Waals surface area contributed by atoms with E-state index in [0.29, 0.717) is 13.1 Å². The van der Waals surface area contributed by atoms with E-state index in [1.54, 1.807) is 43.2 Å². The topological polar surface area (TPSA) is 95.8 Å². The Hall–Kier alpha value is -2.10. The second-order valence-electron chi connectivity index (χ2n) is 6.46. The van der Waals surface area contributed by atoms with E-state index >= 15 is 0 Å². The van der Waals surface area contributed by atoms with E-state index in [1.807, 2.05) is 0 Å². The molecule has 0 radical (unpaired) electrons. The van der Waals surface area contributed by atoms with Crippen LogP contribution >= 0.6 is 0 Å². The number of nitrogens with zero attached hydrogens (tertiary/aromatic N) is 5. The number of piperazine rings is 1. The second kappa shape index (κ2) is 5.76. The van der Waals surface area contributed by atoms with Crippen molar-refractivity contribution in [1.29, 1.82) is 0 Å². The maximum absolute atomic E-state index is 12.7. The molecule has 0 N–H and O–H groups in total. The van der Waals surface area contributed by atoms with E-state index in [-0.39, 0.29) is 29.1 Å². The maximum atomic E-state index is 12.7. The molecule has 0 spiro atoms. The Bertz CT molecular complexity index is 772. The van der Waals surface area contributed by atoms with E-state index in [2.05, 4.69) is 5.10 Å². The van der Waals surface area contributed by atoms with Crippen molar-refractivity contribution in [3.63, 3.8) is 0 Å². The third-order valence-corrected chi connectivity index (χ3v) is 6.20. The summed E-state index contributed by atoms with van der Waals surface area (Å²) < 4.78 is 25.8. The summed E-state index contributed by atoms with van der Waals surface area (Å²) in [6.07, 6.45) is 1.67. The zero-order valence-electron chi connectivity index (χ0n) is 13.9. The lowest BCUT2D eigenvalue weighted by molar-refractivity contribution is 0.0388. The fraction of sp³-hybridized carbons (Fsp3) is 0.643. The molecule has 24 heavy (non-hydrogen) atoms. The van der Waals surface area contributed by atoms with Crippen molar-refractivity contribution < 1.29 is 18.0 Å². The van der Waals surface area contributed by atoms with Gasteiger partial charge < -0.3 is 14.7 Å². The van der Waals surface area contributed by atoms with Gasteiger partial charge in [-0.05, 0) is 6.07 Å². The zero-order valence-corrected chi connectivity index (χ0v) is 14.7.